The van der Waals surface area contributed by atoms with Gasteiger partial charge in [-0.05, 0) is 67.0 Å². The van der Waals surface area contributed by atoms with Crippen LogP contribution in [0.1, 0.15) is 22.3 Å². The second kappa shape index (κ2) is 11.7. The van der Waals surface area contributed by atoms with Gasteiger partial charge in [0.05, 0.1) is 16.8 Å². The number of rotatable bonds is 4. The third-order valence-electron chi connectivity index (χ3n) is 11.4. The van der Waals surface area contributed by atoms with Gasteiger partial charge >= 0.3 is 0 Å². The van der Waals surface area contributed by atoms with Crippen LogP contribution < -0.4 is 10.4 Å². The fraction of sp³-hybridized carbons (Fsp3) is 0.0612. The van der Waals surface area contributed by atoms with Crippen LogP contribution in [-0.2, 0) is 5.41 Å². The molecule has 10 rings (SSSR count). The van der Waals surface area contributed by atoms with Crippen LogP contribution >= 0.6 is 0 Å². The monoisotopic (exact) mass is 680 g/mol. The first kappa shape index (κ1) is 30.6. The van der Waals surface area contributed by atoms with Gasteiger partial charge in [0.1, 0.15) is 8.07 Å². The van der Waals surface area contributed by atoms with Crippen molar-refractivity contribution in [1.29, 1.82) is 0 Å². The quantitative estimate of drug-likeness (QED) is 0.173. The molecule has 2 aliphatic rings. The highest BCUT2D eigenvalue weighted by molar-refractivity contribution is 7.01. The van der Waals surface area contributed by atoms with Crippen molar-refractivity contribution in [2.45, 2.75) is 18.5 Å². The van der Waals surface area contributed by atoms with Crippen molar-refractivity contribution in [3.8, 4) is 56.2 Å². The van der Waals surface area contributed by atoms with Crippen LogP contribution in [0.4, 0.5) is 0 Å². The molecule has 246 valence electrons. The summed E-state index contributed by atoms with van der Waals surface area (Å²) in [4.78, 5) is 10.6. The van der Waals surface area contributed by atoms with Crippen molar-refractivity contribution in [3.63, 3.8) is 0 Å². The standard InChI is InChI=1S/C49H36N2Si/c1-52(2)45-29-13-11-26-40(45)49(41-27-12-14-30-46(41)52)39-25-10-9-23-37(39)47-38(24-16-28-42(47)49)44-32-43(34-19-7-4-8-20-34)50-48(51-44)36-22-15-21-35(31-36)33-17-5-3-6-18-33/h3-32H,1-2H3. The third-order valence-corrected chi connectivity index (χ3v) is 14.9. The van der Waals surface area contributed by atoms with Crippen molar-refractivity contribution < 1.29 is 0 Å². The van der Waals surface area contributed by atoms with Gasteiger partial charge in [0, 0.05) is 16.7 Å². The molecule has 0 fully saturated rings. The topological polar surface area (TPSA) is 25.8 Å². The number of fused-ring (bicyclic) bond motifs is 9. The summed E-state index contributed by atoms with van der Waals surface area (Å²) < 4.78 is 0. The summed E-state index contributed by atoms with van der Waals surface area (Å²) in [5, 5.41) is 3.02. The highest BCUT2D eigenvalue weighted by Crippen LogP contribution is 2.58. The molecule has 1 aromatic heterocycles. The maximum atomic E-state index is 5.43. The lowest BCUT2D eigenvalue weighted by Crippen LogP contribution is -2.63. The van der Waals surface area contributed by atoms with E-state index < -0.39 is 13.5 Å². The van der Waals surface area contributed by atoms with E-state index in [2.05, 4.69) is 195 Å². The van der Waals surface area contributed by atoms with Crippen LogP contribution in [0.3, 0.4) is 0 Å². The zero-order chi connectivity index (χ0) is 34.9. The minimum Gasteiger partial charge on any atom is -0.228 e. The number of nitrogens with zero attached hydrogens (tertiary/aromatic N) is 2. The molecule has 0 bridgehead atoms. The lowest BCUT2D eigenvalue weighted by molar-refractivity contribution is 0.773. The smallest absolute Gasteiger partial charge is 0.160 e. The van der Waals surface area contributed by atoms with Crippen molar-refractivity contribution in [3.05, 3.63) is 204 Å². The van der Waals surface area contributed by atoms with Crippen LogP contribution in [-0.4, -0.2) is 18.0 Å². The molecule has 0 amide bonds. The van der Waals surface area contributed by atoms with Crippen LogP contribution in [0, 0.1) is 0 Å². The summed E-state index contributed by atoms with van der Waals surface area (Å²) in [5.74, 6) is 0.717. The molecule has 2 heterocycles. The largest absolute Gasteiger partial charge is 0.228 e. The summed E-state index contributed by atoms with van der Waals surface area (Å²) in [6.45, 7) is 5.02. The summed E-state index contributed by atoms with van der Waals surface area (Å²) in [5.41, 5.74) is 14.9. The van der Waals surface area contributed by atoms with Crippen LogP contribution in [0.5, 0.6) is 0 Å². The van der Waals surface area contributed by atoms with Gasteiger partial charge in [-0.3, -0.25) is 0 Å². The van der Waals surface area contributed by atoms with Crippen molar-refractivity contribution in [2.75, 3.05) is 0 Å². The Morgan fingerprint density at radius 3 is 1.60 bits per heavy atom. The molecule has 7 aromatic carbocycles. The van der Waals surface area contributed by atoms with Gasteiger partial charge in [0.2, 0.25) is 0 Å². The Bertz CT molecular complexity index is 2610. The second-order valence-corrected chi connectivity index (χ2v) is 18.8. The molecule has 0 atom stereocenters. The van der Waals surface area contributed by atoms with E-state index in [4.69, 9.17) is 9.97 Å². The van der Waals surface area contributed by atoms with E-state index in [1.807, 2.05) is 0 Å². The Balaban J connectivity index is 1.26. The van der Waals surface area contributed by atoms with E-state index in [1.165, 1.54) is 49.3 Å². The number of benzene rings is 7. The van der Waals surface area contributed by atoms with E-state index in [-0.39, 0.29) is 0 Å². The van der Waals surface area contributed by atoms with Gasteiger partial charge in [-0.2, -0.15) is 0 Å². The Labute approximate surface area is 306 Å². The van der Waals surface area contributed by atoms with Crippen LogP contribution in [0.15, 0.2) is 182 Å². The molecule has 52 heavy (non-hydrogen) atoms. The summed E-state index contributed by atoms with van der Waals surface area (Å²) in [7, 11) is -1.99. The highest BCUT2D eigenvalue weighted by Gasteiger charge is 2.54. The maximum absolute atomic E-state index is 5.43. The van der Waals surface area contributed by atoms with Gasteiger partial charge in [-0.1, -0.05) is 183 Å². The lowest BCUT2D eigenvalue weighted by Gasteiger charge is -2.45. The van der Waals surface area contributed by atoms with Gasteiger partial charge in [0.15, 0.2) is 5.82 Å². The first-order chi connectivity index (χ1) is 25.5. The molecule has 0 unspecified atom stereocenters. The molecule has 2 nitrogen and oxygen atoms in total. The fourth-order valence-corrected chi connectivity index (χ4v) is 12.3. The summed E-state index contributed by atoms with van der Waals surface area (Å²) >= 11 is 0. The number of hydrogen-bond acceptors (Lipinski definition) is 2. The molecule has 0 saturated carbocycles. The normalized spacial score (nSPS) is 14.3. The Morgan fingerprint density at radius 1 is 0.385 bits per heavy atom. The number of aromatic nitrogens is 2. The average Bonchev–Trinajstić information content (AvgIpc) is 3.52. The Morgan fingerprint density at radius 2 is 0.885 bits per heavy atom. The SMILES string of the molecule is C[Si]1(C)c2ccccc2C2(c3ccccc3-c3c(-c4cc(-c5ccccc5)nc(-c5cccc(-c6ccccc6)c5)n4)cccc32)c2ccccc21. The summed E-state index contributed by atoms with van der Waals surface area (Å²) in [6.07, 6.45) is 0. The molecule has 1 aliphatic heterocycles. The molecule has 1 aliphatic carbocycles. The van der Waals surface area contributed by atoms with Crippen molar-refractivity contribution >= 4 is 18.4 Å². The molecule has 0 saturated heterocycles. The highest BCUT2D eigenvalue weighted by atomic mass is 28.3. The second-order valence-electron chi connectivity index (χ2n) is 14.5. The maximum Gasteiger partial charge on any atom is 0.160 e. The molecule has 0 radical (unpaired) electrons. The molecule has 3 heteroatoms. The molecular formula is C49H36N2Si. The van der Waals surface area contributed by atoms with Crippen LogP contribution in [0.25, 0.3) is 56.2 Å². The predicted octanol–water partition coefficient (Wildman–Crippen LogP) is 10.6. The van der Waals surface area contributed by atoms with Crippen LogP contribution in [0.2, 0.25) is 13.1 Å². The van der Waals surface area contributed by atoms with E-state index in [0.29, 0.717) is 5.82 Å². The Kier molecular flexibility index (Phi) is 6.89. The van der Waals surface area contributed by atoms with E-state index in [1.54, 1.807) is 0 Å². The minimum absolute atomic E-state index is 0.431. The average molecular weight is 681 g/mol. The minimum atomic E-state index is -1.99. The fourth-order valence-electron chi connectivity index (χ4n) is 9.06. The predicted molar refractivity (Wildman–Crippen MR) is 218 cm³/mol. The van der Waals surface area contributed by atoms with E-state index in [0.717, 1.165) is 33.6 Å². The molecule has 0 N–H and O–H groups in total. The molecule has 1 spiro atoms. The van der Waals surface area contributed by atoms with Gasteiger partial charge < -0.3 is 0 Å². The zero-order valence-corrected chi connectivity index (χ0v) is 30.2. The van der Waals surface area contributed by atoms with Gasteiger partial charge in [-0.15, -0.1) is 0 Å². The lowest BCUT2D eigenvalue weighted by atomic mass is 9.67. The van der Waals surface area contributed by atoms with E-state index in [9.17, 15) is 0 Å². The number of hydrogen-bond donors (Lipinski definition) is 0. The van der Waals surface area contributed by atoms with E-state index >= 15 is 0 Å². The first-order valence-corrected chi connectivity index (χ1v) is 21.1. The zero-order valence-electron chi connectivity index (χ0n) is 29.2. The molecular weight excluding hydrogens is 645 g/mol. The molecule has 8 aromatic rings. The summed E-state index contributed by atoms with van der Waals surface area (Å²) in [6, 6.07) is 66.3. The third kappa shape index (κ3) is 4.42. The van der Waals surface area contributed by atoms with Crippen molar-refractivity contribution in [2.24, 2.45) is 0 Å². The van der Waals surface area contributed by atoms with Gasteiger partial charge in [0.25, 0.3) is 0 Å². The Hall–Kier alpha value is -6.16. The van der Waals surface area contributed by atoms with Crippen molar-refractivity contribution in [1.82, 2.24) is 9.97 Å². The van der Waals surface area contributed by atoms with Gasteiger partial charge in [-0.25, -0.2) is 9.97 Å². The first-order valence-electron chi connectivity index (χ1n) is 18.1.